The van der Waals surface area contributed by atoms with E-state index < -0.39 is 11.5 Å². The fourth-order valence-corrected chi connectivity index (χ4v) is 2.46. The van der Waals surface area contributed by atoms with Crippen LogP contribution in [-0.4, -0.2) is 61.4 Å². The lowest BCUT2D eigenvalue weighted by Crippen LogP contribution is -2.54. The van der Waals surface area contributed by atoms with Crippen molar-refractivity contribution >= 4 is 5.97 Å². The fraction of sp³-hybridized carbons (Fsp3) is 0.933. The van der Waals surface area contributed by atoms with Crippen molar-refractivity contribution in [3.8, 4) is 0 Å². The van der Waals surface area contributed by atoms with Gasteiger partial charge in [-0.3, -0.25) is 10.1 Å². The molecule has 0 amide bonds. The maximum atomic E-state index is 11.6. The largest absolute Gasteiger partial charge is 0.480 e. The number of carboxylic acids is 1. The van der Waals surface area contributed by atoms with Crippen molar-refractivity contribution < 1.29 is 14.6 Å². The number of methoxy groups -OCH3 is 1. The van der Waals surface area contributed by atoms with Crippen molar-refractivity contribution in [3.63, 3.8) is 0 Å². The third kappa shape index (κ3) is 7.22. The van der Waals surface area contributed by atoms with Crippen LogP contribution in [0, 0.1) is 0 Å². The van der Waals surface area contributed by atoms with Gasteiger partial charge in [0.15, 0.2) is 0 Å². The highest BCUT2D eigenvalue weighted by Gasteiger charge is 2.36. The lowest BCUT2D eigenvalue weighted by molar-refractivity contribution is -0.145. The molecule has 0 aliphatic rings. The van der Waals surface area contributed by atoms with Gasteiger partial charge in [-0.2, -0.15) is 0 Å². The minimum Gasteiger partial charge on any atom is -0.480 e. The molecule has 0 saturated heterocycles. The highest BCUT2D eigenvalue weighted by molar-refractivity contribution is 5.78. The van der Waals surface area contributed by atoms with Crippen LogP contribution in [0.15, 0.2) is 0 Å². The molecule has 0 heterocycles. The first-order valence-electron chi connectivity index (χ1n) is 7.56. The summed E-state index contributed by atoms with van der Waals surface area (Å²) in [5.41, 5.74) is -0.790. The number of nitrogens with one attached hydrogen (secondary N) is 1. The van der Waals surface area contributed by atoms with Crippen molar-refractivity contribution in [1.82, 2.24) is 10.2 Å². The van der Waals surface area contributed by atoms with E-state index in [9.17, 15) is 9.90 Å². The van der Waals surface area contributed by atoms with Gasteiger partial charge in [-0.15, -0.1) is 0 Å². The van der Waals surface area contributed by atoms with Crippen LogP contribution in [0.5, 0.6) is 0 Å². The Balaban J connectivity index is 4.23. The predicted molar refractivity (Wildman–Crippen MR) is 82.2 cm³/mol. The summed E-state index contributed by atoms with van der Waals surface area (Å²) in [5.74, 6) is -0.740. The molecule has 0 aromatic rings. The zero-order chi connectivity index (χ0) is 15.6. The summed E-state index contributed by atoms with van der Waals surface area (Å²) in [4.78, 5) is 13.8. The molecule has 120 valence electrons. The average molecular weight is 288 g/mol. The molecule has 0 aliphatic carbocycles. The summed E-state index contributed by atoms with van der Waals surface area (Å²) in [6.07, 6.45) is 3.15. The monoisotopic (exact) mass is 288 g/mol. The van der Waals surface area contributed by atoms with E-state index in [2.05, 4.69) is 17.3 Å². The molecule has 0 fully saturated rings. The van der Waals surface area contributed by atoms with Crippen LogP contribution in [0.25, 0.3) is 0 Å². The fourth-order valence-electron chi connectivity index (χ4n) is 2.46. The Labute approximate surface area is 123 Å². The molecule has 20 heavy (non-hydrogen) atoms. The van der Waals surface area contributed by atoms with E-state index in [1.165, 1.54) is 0 Å². The van der Waals surface area contributed by atoms with Crippen LogP contribution >= 0.6 is 0 Å². The van der Waals surface area contributed by atoms with Gasteiger partial charge >= 0.3 is 5.97 Å². The molecular weight excluding hydrogens is 256 g/mol. The van der Waals surface area contributed by atoms with E-state index in [-0.39, 0.29) is 6.04 Å². The van der Waals surface area contributed by atoms with Crippen LogP contribution in [0.3, 0.4) is 0 Å². The second-order valence-electron chi connectivity index (χ2n) is 5.79. The van der Waals surface area contributed by atoms with Gasteiger partial charge in [0.2, 0.25) is 0 Å². The molecule has 0 aromatic carbocycles. The molecule has 0 saturated carbocycles. The van der Waals surface area contributed by atoms with Gasteiger partial charge in [-0.1, -0.05) is 6.92 Å². The van der Waals surface area contributed by atoms with E-state index in [4.69, 9.17) is 4.74 Å². The first-order chi connectivity index (χ1) is 9.38. The second-order valence-corrected chi connectivity index (χ2v) is 5.79. The topological polar surface area (TPSA) is 61.8 Å². The van der Waals surface area contributed by atoms with Crippen molar-refractivity contribution in [2.24, 2.45) is 0 Å². The zero-order valence-corrected chi connectivity index (χ0v) is 13.7. The molecule has 5 heteroatoms. The van der Waals surface area contributed by atoms with Crippen molar-refractivity contribution in [1.29, 1.82) is 0 Å². The first-order valence-corrected chi connectivity index (χ1v) is 7.56. The Hall–Kier alpha value is -0.650. The summed E-state index contributed by atoms with van der Waals surface area (Å²) >= 11 is 0. The van der Waals surface area contributed by atoms with Crippen molar-refractivity contribution in [2.45, 2.75) is 58.0 Å². The highest BCUT2D eigenvalue weighted by Crippen LogP contribution is 2.19. The molecule has 0 spiro atoms. The number of carboxylic acid groups (broad SMARTS) is 1. The number of hydrogen-bond acceptors (Lipinski definition) is 4. The van der Waals surface area contributed by atoms with E-state index in [1.54, 1.807) is 7.11 Å². The Morgan fingerprint density at radius 2 is 1.95 bits per heavy atom. The normalized spacial score (nSPS) is 14.8. The predicted octanol–water partition coefficient (Wildman–Crippen LogP) is 1.97. The molecule has 0 radical (unpaired) electrons. The summed E-state index contributed by atoms with van der Waals surface area (Å²) in [7, 11) is 3.78. The smallest absolute Gasteiger partial charge is 0.323 e. The van der Waals surface area contributed by atoms with Crippen LogP contribution in [0.1, 0.15) is 46.5 Å². The van der Waals surface area contributed by atoms with Crippen LogP contribution < -0.4 is 5.32 Å². The van der Waals surface area contributed by atoms with Gasteiger partial charge in [-0.25, -0.2) is 0 Å². The SMILES string of the molecule is CCC(CCCN(C)CCCOC)(NC(C)C)C(=O)O. The first kappa shape index (κ1) is 19.4. The molecular formula is C15H32N2O3. The van der Waals surface area contributed by atoms with Gasteiger partial charge in [0, 0.05) is 26.3 Å². The number of hydrogen-bond donors (Lipinski definition) is 2. The van der Waals surface area contributed by atoms with E-state index in [0.29, 0.717) is 12.8 Å². The van der Waals surface area contributed by atoms with Crippen molar-refractivity contribution in [3.05, 3.63) is 0 Å². The Kier molecular flexibility index (Phi) is 9.80. The molecule has 0 rings (SSSR count). The molecule has 5 nitrogen and oxygen atoms in total. The number of nitrogens with zero attached hydrogens (tertiary/aromatic N) is 1. The number of aliphatic carboxylic acids is 1. The Morgan fingerprint density at radius 1 is 1.35 bits per heavy atom. The van der Waals surface area contributed by atoms with Gasteiger partial charge in [0.1, 0.15) is 5.54 Å². The summed E-state index contributed by atoms with van der Waals surface area (Å²) in [6.45, 7) is 8.59. The quantitative estimate of drug-likeness (QED) is 0.538. The van der Waals surface area contributed by atoms with E-state index >= 15 is 0 Å². The third-order valence-corrected chi connectivity index (χ3v) is 3.61. The van der Waals surface area contributed by atoms with Crippen LogP contribution in [0.4, 0.5) is 0 Å². The lowest BCUT2D eigenvalue weighted by atomic mass is 9.89. The molecule has 2 N–H and O–H groups in total. The summed E-state index contributed by atoms with van der Waals surface area (Å²) in [5, 5.41) is 12.7. The van der Waals surface area contributed by atoms with Gasteiger partial charge in [0.25, 0.3) is 0 Å². The second kappa shape index (κ2) is 10.1. The minimum absolute atomic E-state index is 0.172. The van der Waals surface area contributed by atoms with Crippen molar-refractivity contribution in [2.75, 3.05) is 33.9 Å². The van der Waals surface area contributed by atoms with Gasteiger partial charge < -0.3 is 14.7 Å². The maximum absolute atomic E-state index is 11.6. The zero-order valence-electron chi connectivity index (χ0n) is 13.7. The molecule has 1 unspecified atom stereocenters. The Bertz CT molecular complexity index is 272. The molecule has 0 aromatic heterocycles. The third-order valence-electron chi connectivity index (χ3n) is 3.61. The van der Waals surface area contributed by atoms with E-state index in [1.807, 2.05) is 20.8 Å². The lowest BCUT2D eigenvalue weighted by Gasteiger charge is -2.32. The minimum atomic E-state index is -0.790. The van der Waals surface area contributed by atoms with Gasteiger partial charge in [-0.05, 0) is 53.1 Å². The Morgan fingerprint density at radius 3 is 2.40 bits per heavy atom. The maximum Gasteiger partial charge on any atom is 0.323 e. The molecule has 1 atom stereocenters. The standard InChI is InChI=1S/C15H32N2O3/c1-6-15(14(18)19,16-13(2)3)9-7-10-17(4)11-8-12-20-5/h13,16H,6-12H2,1-5H3,(H,18,19). The average Bonchev–Trinajstić information content (AvgIpc) is 2.37. The summed E-state index contributed by atoms with van der Waals surface area (Å²) in [6, 6.07) is 0.172. The van der Waals surface area contributed by atoms with Gasteiger partial charge in [0.05, 0.1) is 0 Å². The van der Waals surface area contributed by atoms with Crippen LogP contribution in [-0.2, 0) is 9.53 Å². The summed E-state index contributed by atoms with van der Waals surface area (Å²) < 4.78 is 5.03. The number of carbonyl (C=O) groups is 1. The van der Waals surface area contributed by atoms with Crippen LogP contribution in [0.2, 0.25) is 0 Å². The highest BCUT2D eigenvalue weighted by atomic mass is 16.5. The molecule has 0 bridgehead atoms. The molecule has 0 aliphatic heterocycles. The number of rotatable bonds is 12. The number of ether oxygens (including phenoxy) is 1. The van der Waals surface area contributed by atoms with E-state index in [0.717, 1.165) is 32.5 Å².